The van der Waals surface area contributed by atoms with Crippen LogP contribution in [0.4, 0.5) is 14.9 Å². The Morgan fingerprint density at radius 1 is 1.22 bits per heavy atom. The van der Waals surface area contributed by atoms with Crippen molar-refractivity contribution in [1.82, 2.24) is 15.3 Å². The average molecular weight is 500 g/mol. The zero-order chi connectivity index (χ0) is 25.2. The van der Waals surface area contributed by atoms with Crippen molar-refractivity contribution in [3.05, 3.63) is 47.9 Å². The number of carbonyl (C=O) groups excluding carboxylic acids is 1. The molecule has 11 nitrogen and oxygen atoms in total. The molecule has 2 aromatic heterocycles. The maximum atomic E-state index is 14.5. The van der Waals surface area contributed by atoms with E-state index in [0.717, 1.165) is 6.20 Å². The summed E-state index contributed by atoms with van der Waals surface area (Å²) in [5.74, 6) is 0.855. The van der Waals surface area contributed by atoms with Crippen LogP contribution in [0.3, 0.4) is 0 Å². The number of halogens is 1. The number of hydrogen-bond donors (Lipinski definition) is 3. The van der Waals surface area contributed by atoms with E-state index < -0.39 is 30.2 Å². The third-order valence-electron chi connectivity index (χ3n) is 6.05. The summed E-state index contributed by atoms with van der Waals surface area (Å²) < 4.78 is 35.9. The van der Waals surface area contributed by atoms with Crippen LogP contribution in [0.15, 0.2) is 36.5 Å². The van der Waals surface area contributed by atoms with Gasteiger partial charge in [-0.05, 0) is 18.2 Å². The molecule has 3 aromatic rings. The molecule has 190 valence electrons. The monoisotopic (exact) mass is 500 g/mol. The van der Waals surface area contributed by atoms with Crippen LogP contribution >= 0.6 is 0 Å². The van der Waals surface area contributed by atoms with E-state index in [0.29, 0.717) is 47.3 Å². The zero-order valence-corrected chi connectivity index (χ0v) is 19.4. The number of cyclic esters (lactones) is 1. The topological polar surface area (TPSA) is 136 Å². The Kier molecular flexibility index (Phi) is 6.72. The number of fused-ring (bicyclic) bond motifs is 2. The average Bonchev–Trinajstić information content (AvgIpc) is 3.30. The van der Waals surface area contributed by atoms with Gasteiger partial charge in [0.2, 0.25) is 5.88 Å². The highest BCUT2D eigenvalue weighted by atomic mass is 19.1. The lowest BCUT2D eigenvalue weighted by molar-refractivity contribution is -0.0460. The molecule has 5 rings (SSSR count). The molecule has 0 radical (unpaired) electrons. The first-order valence-electron chi connectivity index (χ1n) is 11.4. The Labute approximate surface area is 205 Å². The predicted molar refractivity (Wildman–Crippen MR) is 125 cm³/mol. The van der Waals surface area contributed by atoms with Gasteiger partial charge in [0.1, 0.15) is 30.7 Å². The first-order chi connectivity index (χ1) is 17.4. The number of nitrogens with zero attached hydrogens (tertiary/aromatic N) is 3. The van der Waals surface area contributed by atoms with E-state index in [1.807, 2.05) is 0 Å². The quantitative estimate of drug-likeness (QED) is 0.416. The number of aliphatic hydroxyl groups is 2. The molecule has 0 unspecified atom stereocenters. The molecule has 2 aliphatic rings. The Morgan fingerprint density at radius 2 is 2.03 bits per heavy atom. The number of aromatic nitrogens is 2. The van der Waals surface area contributed by atoms with Crippen LogP contribution in [0.2, 0.25) is 0 Å². The van der Waals surface area contributed by atoms with Crippen LogP contribution in [0, 0.1) is 5.82 Å². The van der Waals surface area contributed by atoms with Crippen molar-refractivity contribution in [3.8, 4) is 17.4 Å². The summed E-state index contributed by atoms with van der Waals surface area (Å²) in [6.45, 7) is 0.816. The molecule has 0 aliphatic carbocycles. The Balaban J connectivity index is 1.21. The summed E-state index contributed by atoms with van der Waals surface area (Å²) in [7, 11) is 1.46. The number of ether oxygens (including phenoxy) is 4. The van der Waals surface area contributed by atoms with Gasteiger partial charge in [-0.25, -0.2) is 14.2 Å². The van der Waals surface area contributed by atoms with Crippen molar-refractivity contribution in [1.29, 1.82) is 0 Å². The van der Waals surface area contributed by atoms with Crippen molar-refractivity contribution in [2.24, 2.45) is 0 Å². The molecule has 3 N–H and O–H groups in total. The van der Waals surface area contributed by atoms with E-state index in [1.54, 1.807) is 30.3 Å². The van der Waals surface area contributed by atoms with Gasteiger partial charge in [-0.2, -0.15) is 0 Å². The van der Waals surface area contributed by atoms with Crippen LogP contribution in [0.5, 0.6) is 17.4 Å². The summed E-state index contributed by atoms with van der Waals surface area (Å²) >= 11 is 0. The van der Waals surface area contributed by atoms with Crippen LogP contribution in [-0.2, 0) is 11.3 Å². The number of nitrogens with one attached hydrogen (secondary N) is 1. The molecule has 0 bridgehead atoms. The second kappa shape index (κ2) is 10.1. The molecule has 1 saturated heterocycles. The first kappa shape index (κ1) is 24.0. The minimum atomic E-state index is -1.37. The number of aliphatic hydroxyl groups excluding tert-OH is 2. The molecule has 1 aromatic carbocycles. The maximum absolute atomic E-state index is 14.5. The molecule has 2 aliphatic heterocycles. The van der Waals surface area contributed by atoms with Gasteiger partial charge >= 0.3 is 6.09 Å². The van der Waals surface area contributed by atoms with E-state index in [9.17, 15) is 19.4 Å². The largest absolute Gasteiger partial charge is 0.486 e. The second-order valence-corrected chi connectivity index (χ2v) is 8.36. The molecule has 1 amide bonds. The van der Waals surface area contributed by atoms with Crippen LogP contribution in [0.25, 0.3) is 11.0 Å². The smallest absolute Gasteiger partial charge is 0.414 e. The lowest BCUT2D eigenvalue weighted by Crippen LogP contribution is -2.44. The zero-order valence-electron chi connectivity index (χ0n) is 19.4. The Hall–Kier alpha value is -3.74. The molecule has 3 atom stereocenters. The molecule has 1 fully saturated rings. The van der Waals surface area contributed by atoms with Crippen LogP contribution in [-0.4, -0.2) is 78.0 Å². The lowest BCUT2D eigenvalue weighted by atomic mass is 10.1. The van der Waals surface area contributed by atoms with Crippen molar-refractivity contribution >= 4 is 22.8 Å². The van der Waals surface area contributed by atoms with Gasteiger partial charge in [0.25, 0.3) is 0 Å². The number of anilines is 1. The van der Waals surface area contributed by atoms with Gasteiger partial charge in [0.15, 0.2) is 17.6 Å². The minimum Gasteiger partial charge on any atom is -0.486 e. The summed E-state index contributed by atoms with van der Waals surface area (Å²) in [5.41, 5.74) is 1.59. The minimum absolute atomic E-state index is 0.0164. The summed E-state index contributed by atoms with van der Waals surface area (Å²) in [4.78, 5) is 22.1. The number of amides is 1. The number of benzene rings is 1. The fourth-order valence-electron chi connectivity index (χ4n) is 4.15. The van der Waals surface area contributed by atoms with Gasteiger partial charge in [0, 0.05) is 30.8 Å². The number of methoxy groups -OCH3 is 1. The predicted octanol–water partition coefficient (Wildman–Crippen LogP) is 1.39. The number of hydrogen-bond acceptors (Lipinski definition) is 10. The fourth-order valence-corrected chi connectivity index (χ4v) is 4.15. The van der Waals surface area contributed by atoms with Gasteiger partial charge in [0.05, 0.1) is 37.2 Å². The van der Waals surface area contributed by atoms with Crippen LogP contribution in [0.1, 0.15) is 5.56 Å². The third-order valence-corrected chi connectivity index (χ3v) is 6.05. The van der Waals surface area contributed by atoms with Crippen molar-refractivity contribution < 1.29 is 38.3 Å². The van der Waals surface area contributed by atoms with Gasteiger partial charge in [-0.1, -0.05) is 0 Å². The molecular formula is C24H25FN4O7. The summed E-state index contributed by atoms with van der Waals surface area (Å²) in [5, 5.41) is 24.1. The number of rotatable bonds is 8. The molecule has 36 heavy (non-hydrogen) atoms. The van der Waals surface area contributed by atoms with E-state index >= 15 is 0 Å². The first-order valence-corrected chi connectivity index (χ1v) is 11.4. The molecule has 0 spiro atoms. The maximum Gasteiger partial charge on any atom is 0.414 e. The van der Waals surface area contributed by atoms with Crippen molar-refractivity contribution in [2.75, 3.05) is 38.3 Å². The van der Waals surface area contributed by atoms with Crippen molar-refractivity contribution in [2.45, 2.75) is 24.9 Å². The van der Waals surface area contributed by atoms with Crippen LogP contribution < -0.4 is 24.4 Å². The standard InChI is InChI=1S/C24H25FN4O7/c1-33-21-5-3-16-22(28-21)14(15(25)10-27-16)9-26-11-17(30)23(31)20-12-29(24(32)36-20)13-2-4-18-19(8-13)35-7-6-34-18/h2-5,8,10,17,20,23,26,30-31H,6-7,9,11-12H2,1H3/t17-,20+,23+/m0/s1. The molecule has 12 heteroatoms. The van der Waals surface area contributed by atoms with E-state index in [-0.39, 0.29) is 25.2 Å². The lowest BCUT2D eigenvalue weighted by Gasteiger charge is -2.23. The summed E-state index contributed by atoms with van der Waals surface area (Å²) in [6.07, 6.45) is -3.18. The molecular weight excluding hydrogens is 475 g/mol. The van der Waals surface area contributed by atoms with E-state index in [1.165, 1.54) is 12.0 Å². The highest BCUT2D eigenvalue weighted by molar-refractivity contribution is 5.90. The molecule has 4 heterocycles. The highest BCUT2D eigenvalue weighted by Crippen LogP contribution is 2.35. The molecule has 0 saturated carbocycles. The SMILES string of the molecule is COc1ccc2ncc(F)c(CNC[C@H](O)[C@@H](O)[C@H]3CN(c4ccc5c(c4)OCCO5)C(=O)O3)c2n1. The Morgan fingerprint density at radius 3 is 2.83 bits per heavy atom. The highest BCUT2D eigenvalue weighted by Gasteiger charge is 2.39. The van der Waals surface area contributed by atoms with E-state index in [2.05, 4.69) is 15.3 Å². The van der Waals surface area contributed by atoms with Gasteiger partial charge in [-0.15, -0.1) is 0 Å². The normalized spacial score (nSPS) is 18.7. The van der Waals surface area contributed by atoms with Crippen molar-refractivity contribution in [3.63, 3.8) is 0 Å². The third kappa shape index (κ3) is 4.70. The number of carbonyl (C=O) groups is 1. The fraction of sp³-hybridized carbons (Fsp3) is 0.375. The van der Waals surface area contributed by atoms with E-state index in [4.69, 9.17) is 18.9 Å². The Bertz CT molecular complexity index is 1280. The summed E-state index contributed by atoms with van der Waals surface area (Å²) in [6, 6.07) is 8.36. The number of pyridine rings is 2. The van der Waals surface area contributed by atoms with Gasteiger partial charge in [-0.3, -0.25) is 9.88 Å². The second-order valence-electron chi connectivity index (χ2n) is 8.36. The van der Waals surface area contributed by atoms with Gasteiger partial charge < -0.3 is 34.5 Å².